The molecule has 1 heterocycles. The van der Waals surface area contributed by atoms with E-state index in [0.717, 1.165) is 5.75 Å². The van der Waals surface area contributed by atoms with Crippen molar-refractivity contribution in [3.63, 3.8) is 0 Å². The molecular weight excluding hydrogens is 168 g/mol. The summed E-state index contributed by atoms with van der Waals surface area (Å²) in [6, 6.07) is 0.541. The fourth-order valence-corrected chi connectivity index (χ4v) is 2.13. The van der Waals surface area contributed by atoms with Gasteiger partial charge in [-0.15, -0.1) is 11.8 Å². The zero-order chi connectivity index (χ0) is 9.19. The van der Waals surface area contributed by atoms with Crippen LogP contribution in [0.1, 0.15) is 27.7 Å². The van der Waals surface area contributed by atoms with Gasteiger partial charge < -0.3 is 5.32 Å². The molecule has 0 saturated heterocycles. The minimum Gasteiger partial charge on any atom is -0.373 e. The smallest absolute Gasteiger partial charge is 0.107 e. The third kappa shape index (κ3) is 2.16. The zero-order valence-corrected chi connectivity index (χ0v) is 9.11. The van der Waals surface area contributed by atoms with E-state index < -0.39 is 0 Å². The van der Waals surface area contributed by atoms with Crippen molar-refractivity contribution in [3.8, 4) is 0 Å². The Hall–Kier alpha value is -0.180. The quantitative estimate of drug-likeness (QED) is 0.678. The molecular formula is C9H18N2S. The summed E-state index contributed by atoms with van der Waals surface area (Å²) in [4.78, 5) is 4.60. The van der Waals surface area contributed by atoms with Gasteiger partial charge in [0.2, 0.25) is 0 Å². The van der Waals surface area contributed by atoms with Crippen LogP contribution >= 0.6 is 11.8 Å². The Morgan fingerprint density at radius 2 is 2.33 bits per heavy atom. The van der Waals surface area contributed by atoms with Gasteiger partial charge in [-0.2, -0.15) is 0 Å². The van der Waals surface area contributed by atoms with E-state index in [1.165, 1.54) is 0 Å². The first-order valence-electron chi connectivity index (χ1n) is 4.48. The normalized spacial score (nSPS) is 36.2. The van der Waals surface area contributed by atoms with Crippen LogP contribution < -0.4 is 5.32 Å². The van der Waals surface area contributed by atoms with Crippen LogP contribution in [0.2, 0.25) is 0 Å². The third-order valence-electron chi connectivity index (χ3n) is 2.38. The summed E-state index contributed by atoms with van der Waals surface area (Å²) >= 11 is 1.94. The predicted molar refractivity (Wildman–Crippen MR) is 56.8 cm³/mol. The van der Waals surface area contributed by atoms with Gasteiger partial charge in [0, 0.05) is 11.8 Å². The average Bonchev–Trinajstić information content (AvgIpc) is 2.15. The molecule has 1 N–H and O–H groups in total. The summed E-state index contributed by atoms with van der Waals surface area (Å²) in [6.45, 7) is 8.84. The largest absolute Gasteiger partial charge is 0.373 e. The van der Waals surface area contributed by atoms with Crippen LogP contribution in [0.4, 0.5) is 0 Å². The maximum absolute atomic E-state index is 4.53. The Bertz CT molecular complexity index is 179. The van der Waals surface area contributed by atoms with Crippen molar-refractivity contribution in [2.75, 3.05) is 5.75 Å². The van der Waals surface area contributed by atoms with E-state index in [0.29, 0.717) is 12.0 Å². The van der Waals surface area contributed by atoms with E-state index in [4.69, 9.17) is 0 Å². The van der Waals surface area contributed by atoms with Crippen LogP contribution in [0.15, 0.2) is 4.99 Å². The number of nitrogens with one attached hydrogen (secondary N) is 1. The highest BCUT2D eigenvalue weighted by Gasteiger charge is 2.29. The molecule has 2 unspecified atom stereocenters. The van der Waals surface area contributed by atoms with Gasteiger partial charge in [-0.05, 0) is 19.8 Å². The number of hydrogen-bond donors (Lipinski definition) is 1. The second-order valence-electron chi connectivity index (χ2n) is 3.85. The molecule has 1 rings (SSSR count). The highest BCUT2D eigenvalue weighted by molar-refractivity contribution is 8.00. The Labute approximate surface area is 79.2 Å². The maximum Gasteiger partial charge on any atom is 0.107 e. The Balaban J connectivity index is 2.67. The fourth-order valence-electron chi connectivity index (χ4n) is 0.988. The molecule has 1 aliphatic heterocycles. The monoisotopic (exact) mass is 186 g/mol. The van der Waals surface area contributed by atoms with Gasteiger partial charge in [0.05, 0.1) is 6.34 Å². The van der Waals surface area contributed by atoms with E-state index in [1.54, 1.807) is 0 Å². The van der Waals surface area contributed by atoms with Crippen molar-refractivity contribution in [1.82, 2.24) is 5.32 Å². The minimum atomic E-state index is 0.0672. The molecule has 0 amide bonds. The SMILES string of the molecule is CC1CSC(C)(C(C)C)N=CN1. The van der Waals surface area contributed by atoms with Gasteiger partial charge in [-0.3, -0.25) is 4.99 Å². The van der Waals surface area contributed by atoms with Crippen LogP contribution in [0.25, 0.3) is 0 Å². The molecule has 0 aliphatic carbocycles. The van der Waals surface area contributed by atoms with Gasteiger partial charge in [0.1, 0.15) is 4.87 Å². The highest BCUT2D eigenvalue weighted by Crippen LogP contribution is 2.35. The van der Waals surface area contributed by atoms with Gasteiger partial charge in [0.25, 0.3) is 0 Å². The molecule has 0 aromatic rings. The number of hydrogen-bond acceptors (Lipinski definition) is 3. The van der Waals surface area contributed by atoms with Crippen LogP contribution in [-0.4, -0.2) is 23.0 Å². The van der Waals surface area contributed by atoms with Gasteiger partial charge in [-0.1, -0.05) is 13.8 Å². The first-order chi connectivity index (χ1) is 5.54. The van der Waals surface area contributed by atoms with Crippen molar-refractivity contribution in [2.24, 2.45) is 10.9 Å². The second kappa shape index (κ2) is 3.69. The van der Waals surface area contributed by atoms with E-state index in [2.05, 4.69) is 38.0 Å². The molecule has 0 saturated carbocycles. The lowest BCUT2D eigenvalue weighted by molar-refractivity contribution is 0.488. The molecule has 0 radical (unpaired) electrons. The highest BCUT2D eigenvalue weighted by atomic mass is 32.2. The standard InChI is InChI=1S/C9H18N2S/c1-7(2)9(4)11-6-10-8(3)5-12-9/h6-8H,5H2,1-4H3,(H,10,11). The van der Waals surface area contributed by atoms with Crippen molar-refractivity contribution in [2.45, 2.75) is 38.6 Å². The van der Waals surface area contributed by atoms with Crippen LogP contribution in [-0.2, 0) is 0 Å². The lowest BCUT2D eigenvalue weighted by Crippen LogP contribution is -2.26. The maximum atomic E-state index is 4.53. The van der Waals surface area contributed by atoms with Crippen molar-refractivity contribution in [1.29, 1.82) is 0 Å². The fraction of sp³-hybridized carbons (Fsp3) is 0.889. The molecule has 0 aromatic heterocycles. The summed E-state index contributed by atoms with van der Waals surface area (Å²) < 4.78 is 0. The lowest BCUT2D eigenvalue weighted by atomic mass is 10.1. The first kappa shape index (κ1) is 9.90. The van der Waals surface area contributed by atoms with E-state index >= 15 is 0 Å². The molecule has 0 bridgehead atoms. The van der Waals surface area contributed by atoms with Crippen molar-refractivity contribution >= 4 is 18.1 Å². The minimum absolute atomic E-state index is 0.0672. The van der Waals surface area contributed by atoms with Crippen LogP contribution in [0, 0.1) is 5.92 Å². The predicted octanol–water partition coefficient (Wildman–Crippen LogP) is 2.11. The van der Waals surface area contributed by atoms with Gasteiger partial charge >= 0.3 is 0 Å². The number of aliphatic imine (C=N–C) groups is 1. The number of thioether (sulfide) groups is 1. The summed E-state index contributed by atoms with van der Waals surface area (Å²) in [5.41, 5.74) is 0. The molecule has 3 heteroatoms. The lowest BCUT2D eigenvalue weighted by Gasteiger charge is -2.27. The molecule has 2 atom stereocenters. The Morgan fingerprint density at radius 3 is 2.92 bits per heavy atom. The number of nitrogens with zero attached hydrogens (tertiary/aromatic N) is 1. The van der Waals surface area contributed by atoms with Crippen molar-refractivity contribution < 1.29 is 0 Å². The van der Waals surface area contributed by atoms with E-state index in [9.17, 15) is 0 Å². The van der Waals surface area contributed by atoms with E-state index in [-0.39, 0.29) is 4.87 Å². The molecule has 12 heavy (non-hydrogen) atoms. The third-order valence-corrected chi connectivity index (χ3v) is 4.20. The summed E-state index contributed by atoms with van der Waals surface area (Å²) in [5.74, 6) is 1.72. The summed E-state index contributed by atoms with van der Waals surface area (Å²) in [7, 11) is 0. The summed E-state index contributed by atoms with van der Waals surface area (Å²) in [5, 5.41) is 3.24. The van der Waals surface area contributed by atoms with Crippen LogP contribution in [0.3, 0.4) is 0 Å². The van der Waals surface area contributed by atoms with Crippen LogP contribution in [0.5, 0.6) is 0 Å². The molecule has 1 aliphatic rings. The molecule has 0 aromatic carbocycles. The molecule has 0 fully saturated rings. The molecule has 2 nitrogen and oxygen atoms in total. The molecule has 0 spiro atoms. The Morgan fingerprint density at radius 1 is 1.67 bits per heavy atom. The van der Waals surface area contributed by atoms with Gasteiger partial charge in [-0.25, -0.2) is 0 Å². The average molecular weight is 186 g/mol. The Kier molecular flexibility index (Phi) is 3.04. The van der Waals surface area contributed by atoms with Gasteiger partial charge in [0.15, 0.2) is 0 Å². The van der Waals surface area contributed by atoms with Crippen molar-refractivity contribution in [3.05, 3.63) is 0 Å². The summed E-state index contributed by atoms with van der Waals surface area (Å²) in [6.07, 6.45) is 1.87. The topological polar surface area (TPSA) is 24.4 Å². The second-order valence-corrected chi connectivity index (χ2v) is 5.29. The zero-order valence-electron chi connectivity index (χ0n) is 8.29. The van der Waals surface area contributed by atoms with E-state index in [1.807, 2.05) is 18.1 Å². The number of rotatable bonds is 1. The first-order valence-corrected chi connectivity index (χ1v) is 5.47. The molecule has 70 valence electrons.